The minimum absolute atomic E-state index is 0.103. The van der Waals surface area contributed by atoms with Gasteiger partial charge in [0.2, 0.25) is 11.8 Å². The van der Waals surface area contributed by atoms with Crippen molar-refractivity contribution >= 4 is 27.7 Å². The average molecular weight is 350 g/mol. The molecule has 1 saturated heterocycles. The van der Waals surface area contributed by atoms with Crippen molar-refractivity contribution in [3.05, 3.63) is 34.3 Å². The van der Waals surface area contributed by atoms with Gasteiger partial charge in [-0.25, -0.2) is 0 Å². The lowest BCUT2D eigenvalue weighted by atomic mass is 9.61. The minimum Gasteiger partial charge on any atom is -0.296 e. The van der Waals surface area contributed by atoms with Gasteiger partial charge in [0.05, 0.1) is 5.92 Å². The van der Waals surface area contributed by atoms with Crippen molar-refractivity contribution in [1.82, 2.24) is 5.32 Å². The first-order valence-electron chi connectivity index (χ1n) is 7.66. The molecule has 1 heterocycles. The Hall–Kier alpha value is -1.16. The Morgan fingerprint density at radius 2 is 2.00 bits per heavy atom. The number of hydrogen-bond acceptors (Lipinski definition) is 2. The van der Waals surface area contributed by atoms with Gasteiger partial charge in [-0.3, -0.25) is 14.9 Å². The third-order valence-electron chi connectivity index (χ3n) is 5.29. The number of benzene rings is 1. The number of hydrogen-bond donors (Lipinski definition) is 1. The summed E-state index contributed by atoms with van der Waals surface area (Å²) < 4.78 is 1.01. The summed E-state index contributed by atoms with van der Waals surface area (Å²) in [4.78, 5) is 24.6. The number of carbonyl (C=O) groups excluding carboxylic acids is 2. The van der Waals surface area contributed by atoms with E-state index in [0.29, 0.717) is 12.3 Å². The van der Waals surface area contributed by atoms with E-state index in [1.807, 2.05) is 24.3 Å². The number of piperidine rings is 1. The van der Waals surface area contributed by atoms with Gasteiger partial charge in [-0.1, -0.05) is 47.8 Å². The van der Waals surface area contributed by atoms with Crippen LogP contribution in [-0.2, 0) is 9.59 Å². The third kappa shape index (κ3) is 2.44. The van der Waals surface area contributed by atoms with Crippen LogP contribution in [0.25, 0.3) is 0 Å². The second kappa shape index (κ2) is 5.56. The van der Waals surface area contributed by atoms with Gasteiger partial charge in [-0.05, 0) is 41.9 Å². The van der Waals surface area contributed by atoms with Crippen molar-refractivity contribution in [1.29, 1.82) is 0 Å². The molecule has 2 amide bonds. The zero-order valence-electron chi connectivity index (χ0n) is 12.2. The molecule has 1 aliphatic carbocycles. The number of amides is 2. The van der Waals surface area contributed by atoms with Crippen LogP contribution in [0, 0.1) is 11.3 Å². The molecule has 2 fully saturated rings. The fraction of sp³-hybridized carbons (Fsp3) is 0.529. The van der Waals surface area contributed by atoms with Crippen LogP contribution in [-0.4, -0.2) is 11.8 Å². The molecular weight excluding hydrogens is 330 g/mol. The number of imide groups is 1. The fourth-order valence-corrected chi connectivity index (χ4v) is 4.71. The van der Waals surface area contributed by atoms with Crippen LogP contribution in [0.3, 0.4) is 0 Å². The molecule has 4 heteroatoms. The zero-order chi connectivity index (χ0) is 15.0. The van der Waals surface area contributed by atoms with E-state index in [2.05, 4.69) is 28.2 Å². The van der Waals surface area contributed by atoms with E-state index in [4.69, 9.17) is 0 Å². The van der Waals surface area contributed by atoms with Gasteiger partial charge in [0.25, 0.3) is 0 Å². The molecule has 3 rings (SSSR count). The second-order valence-electron chi connectivity index (χ2n) is 6.30. The highest BCUT2D eigenvalue weighted by molar-refractivity contribution is 9.10. The maximum Gasteiger partial charge on any atom is 0.234 e. The summed E-state index contributed by atoms with van der Waals surface area (Å²) in [6.07, 6.45) is 4.74. The van der Waals surface area contributed by atoms with Crippen LogP contribution in [0.1, 0.15) is 50.5 Å². The summed E-state index contributed by atoms with van der Waals surface area (Å²) in [5.41, 5.74) is 0.852. The molecule has 3 nitrogen and oxygen atoms in total. The van der Waals surface area contributed by atoms with Crippen LogP contribution >= 0.6 is 15.9 Å². The number of nitrogens with one attached hydrogen (secondary N) is 1. The normalized spacial score (nSPS) is 32.5. The molecule has 0 aromatic heterocycles. The van der Waals surface area contributed by atoms with Crippen LogP contribution in [0.4, 0.5) is 0 Å². The van der Waals surface area contributed by atoms with Gasteiger partial charge in [-0.2, -0.15) is 0 Å². The highest BCUT2D eigenvalue weighted by atomic mass is 79.9. The monoisotopic (exact) mass is 349 g/mol. The molecule has 1 aromatic carbocycles. The maximum absolute atomic E-state index is 12.6. The molecule has 112 valence electrons. The van der Waals surface area contributed by atoms with Crippen molar-refractivity contribution in [2.75, 3.05) is 0 Å². The van der Waals surface area contributed by atoms with E-state index < -0.39 is 0 Å². The summed E-state index contributed by atoms with van der Waals surface area (Å²) in [5.74, 6) is 0.0412. The SMILES string of the molecule is CCC1CCCC12CC(=O)NC(=O)C2c1ccc(Br)cc1. The molecular formula is C17H20BrNO2. The predicted octanol–water partition coefficient (Wildman–Crippen LogP) is 3.78. The molecule has 3 atom stereocenters. The number of carbonyl (C=O) groups is 2. The smallest absolute Gasteiger partial charge is 0.234 e. The fourth-order valence-electron chi connectivity index (χ4n) is 4.45. The number of rotatable bonds is 2. The standard InChI is InChI=1S/C17H20BrNO2/c1-2-12-4-3-9-17(12)10-14(20)19-16(21)15(17)11-5-7-13(18)8-6-11/h5-8,12,15H,2-4,9-10H2,1H3,(H,19,20,21). The Bertz CT molecular complexity index is 569. The van der Waals surface area contributed by atoms with Crippen molar-refractivity contribution in [3.63, 3.8) is 0 Å². The molecule has 2 aliphatic rings. The first kappa shape index (κ1) is 14.8. The van der Waals surface area contributed by atoms with E-state index in [1.54, 1.807) is 0 Å². The Morgan fingerprint density at radius 3 is 2.67 bits per heavy atom. The van der Waals surface area contributed by atoms with Gasteiger partial charge >= 0.3 is 0 Å². The Balaban J connectivity index is 2.07. The summed E-state index contributed by atoms with van der Waals surface area (Å²) >= 11 is 3.44. The third-order valence-corrected chi connectivity index (χ3v) is 5.82. The lowest BCUT2D eigenvalue weighted by Gasteiger charge is -2.44. The van der Waals surface area contributed by atoms with E-state index in [1.165, 1.54) is 0 Å². The highest BCUT2D eigenvalue weighted by Crippen LogP contribution is 2.57. The maximum atomic E-state index is 12.6. The van der Waals surface area contributed by atoms with E-state index in [-0.39, 0.29) is 23.1 Å². The van der Waals surface area contributed by atoms with Crippen molar-refractivity contribution in [3.8, 4) is 0 Å². The summed E-state index contributed by atoms with van der Waals surface area (Å²) in [6, 6.07) is 7.97. The van der Waals surface area contributed by atoms with Gasteiger partial charge in [0.1, 0.15) is 0 Å². The Kier molecular flexibility index (Phi) is 3.91. The zero-order valence-corrected chi connectivity index (χ0v) is 13.8. The highest BCUT2D eigenvalue weighted by Gasteiger charge is 2.54. The van der Waals surface area contributed by atoms with Crippen LogP contribution in [0.2, 0.25) is 0 Å². The Labute approximate surface area is 133 Å². The lowest BCUT2D eigenvalue weighted by molar-refractivity contribution is -0.141. The van der Waals surface area contributed by atoms with Crippen LogP contribution in [0.5, 0.6) is 0 Å². The van der Waals surface area contributed by atoms with Crippen LogP contribution < -0.4 is 5.32 Å². The lowest BCUT2D eigenvalue weighted by Crippen LogP contribution is -2.52. The summed E-state index contributed by atoms with van der Waals surface area (Å²) in [6.45, 7) is 2.17. The molecule has 1 spiro atoms. The summed E-state index contributed by atoms with van der Waals surface area (Å²) in [7, 11) is 0. The van der Waals surface area contributed by atoms with Crippen molar-refractivity contribution in [2.24, 2.45) is 11.3 Å². The molecule has 1 N–H and O–H groups in total. The molecule has 1 aromatic rings. The molecule has 3 unspecified atom stereocenters. The van der Waals surface area contributed by atoms with Crippen molar-refractivity contribution in [2.45, 2.75) is 44.9 Å². The predicted molar refractivity (Wildman–Crippen MR) is 84.7 cm³/mol. The number of halogens is 1. The Morgan fingerprint density at radius 1 is 1.29 bits per heavy atom. The van der Waals surface area contributed by atoms with Gasteiger partial charge in [0.15, 0.2) is 0 Å². The van der Waals surface area contributed by atoms with Gasteiger partial charge in [-0.15, -0.1) is 0 Å². The first-order valence-corrected chi connectivity index (χ1v) is 8.45. The quantitative estimate of drug-likeness (QED) is 0.826. The summed E-state index contributed by atoms with van der Waals surface area (Å²) in [5, 5.41) is 2.55. The molecule has 0 bridgehead atoms. The molecule has 0 radical (unpaired) electrons. The van der Waals surface area contributed by atoms with E-state index in [0.717, 1.165) is 35.7 Å². The van der Waals surface area contributed by atoms with Crippen LogP contribution in [0.15, 0.2) is 28.7 Å². The van der Waals surface area contributed by atoms with Gasteiger partial charge < -0.3 is 0 Å². The second-order valence-corrected chi connectivity index (χ2v) is 7.22. The molecule has 21 heavy (non-hydrogen) atoms. The van der Waals surface area contributed by atoms with E-state index >= 15 is 0 Å². The molecule has 1 aliphatic heterocycles. The van der Waals surface area contributed by atoms with Gasteiger partial charge in [0, 0.05) is 10.9 Å². The minimum atomic E-state index is -0.198. The average Bonchev–Trinajstić information content (AvgIpc) is 2.82. The van der Waals surface area contributed by atoms with E-state index in [9.17, 15) is 9.59 Å². The first-order chi connectivity index (χ1) is 10.1. The van der Waals surface area contributed by atoms with Crippen molar-refractivity contribution < 1.29 is 9.59 Å². The molecule has 1 saturated carbocycles. The topological polar surface area (TPSA) is 46.2 Å². The largest absolute Gasteiger partial charge is 0.296 e.